The first-order chi connectivity index (χ1) is 38.5. The van der Waals surface area contributed by atoms with Gasteiger partial charge < -0.3 is 14.2 Å². The lowest BCUT2D eigenvalue weighted by molar-refractivity contribution is -0.167. The van der Waals surface area contributed by atoms with Gasteiger partial charge in [0.05, 0.1) is 0 Å². The minimum absolute atomic E-state index is 0.0983. The maximum Gasteiger partial charge on any atom is 0.306 e. The van der Waals surface area contributed by atoms with E-state index in [0.717, 1.165) is 180 Å². The van der Waals surface area contributed by atoms with E-state index >= 15 is 0 Å². The van der Waals surface area contributed by atoms with Crippen LogP contribution in [0.4, 0.5) is 0 Å². The largest absolute Gasteiger partial charge is 0.462 e. The van der Waals surface area contributed by atoms with Crippen LogP contribution in [0.15, 0.2) is 158 Å². The van der Waals surface area contributed by atoms with Gasteiger partial charge in [-0.15, -0.1) is 0 Å². The topological polar surface area (TPSA) is 78.9 Å². The van der Waals surface area contributed by atoms with Crippen molar-refractivity contribution < 1.29 is 28.6 Å². The third-order valence-electron chi connectivity index (χ3n) is 12.7. The van der Waals surface area contributed by atoms with E-state index in [1.54, 1.807) is 0 Å². The van der Waals surface area contributed by atoms with Gasteiger partial charge in [0.2, 0.25) is 0 Å². The van der Waals surface area contributed by atoms with E-state index in [2.05, 4.69) is 179 Å². The lowest BCUT2D eigenvalue weighted by Crippen LogP contribution is -2.30. The zero-order valence-electron chi connectivity index (χ0n) is 50.1. The number of unbranched alkanes of at least 4 members (excludes halogenated alkanes) is 18. The summed E-state index contributed by atoms with van der Waals surface area (Å²) >= 11 is 0. The van der Waals surface area contributed by atoms with Crippen LogP contribution in [-0.2, 0) is 28.6 Å². The summed E-state index contributed by atoms with van der Waals surface area (Å²) in [6, 6.07) is 0. The molecule has 0 aliphatic heterocycles. The zero-order chi connectivity index (χ0) is 56.4. The average Bonchev–Trinajstić information content (AvgIpc) is 3.44. The number of carbonyl (C=O) groups excluding carboxylic acids is 3. The van der Waals surface area contributed by atoms with Crippen LogP contribution in [0, 0.1) is 0 Å². The summed E-state index contributed by atoms with van der Waals surface area (Å²) in [4.78, 5) is 38.2. The summed E-state index contributed by atoms with van der Waals surface area (Å²) in [7, 11) is 0. The van der Waals surface area contributed by atoms with Crippen LogP contribution in [0.5, 0.6) is 0 Å². The molecular formula is C72H114O6. The maximum absolute atomic E-state index is 12.9. The molecule has 6 nitrogen and oxygen atoms in total. The van der Waals surface area contributed by atoms with Gasteiger partial charge in [-0.2, -0.15) is 0 Å². The van der Waals surface area contributed by atoms with E-state index in [-0.39, 0.29) is 31.1 Å². The van der Waals surface area contributed by atoms with Crippen molar-refractivity contribution >= 4 is 17.9 Å². The molecule has 0 fully saturated rings. The molecule has 438 valence electrons. The van der Waals surface area contributed by atoms with Crippen molar-refractivity contribution in [2.75, 3.05) is 13.2 Å². The van der Waals surface area contributed by atoms with Gasteiger partial charge in [-0.25, -0.2) is 0 Å². The van der Waals surface area contributed by atoms with Gasteiger partial charge in [-0.1, -0.05) is 256 Å². The average molecular weight is 1080 g/mol. The molecule has 0 aromatic rings. The van der Waals surface area contributed by atoms with Crippen molar-refractivity contribution in [3.8, 4) is 0 Å². The summed E-state index contributed by atoms with van der Waals surface area (Å²) in [5.74, 6) is -0.943. The third kappa shape index (κ3) is 61.9. The lowest BCUT2D eigenvalue weighted by Gasteiger charge is -2.18. The summed E-state index contributed by atoms with van der Waals surface area (Å²) < 4.78 is 16.8. The van der Waals surface area contributed by atoms with Crippen LogP contribution in [0.2, 0.25) is 0 Å². The van der Waals surface area contributed by atoms with Crippen molar-refractivity contribution in [3.05, 3.63) is 158 Å². The Morgan fingerprint density at radius 2 is 0.500 bits per heavy atom. The molecule has 1 atom stereocenters. The first kappa shape index (κ1) is 73.0. The molecule has 0 rings (SSSR count). The molecule has 6 heteroatoms. The second kappa shape index (κ2) is 64.6. The number of ether oxygens (including phenoxy) is 3. The smallest absolute Gasteiger partial charge is 0.306 e. The number of esters is 3. The first-order valence-electron chi connectivity index (χ1n) is 31.5. The molecule has 0 saturated carbocycles. The molecule has 0 bridgehead atoms. The molecule has 0 saturated heterocycles. The number of carbonyl (C=O) groups is 3. The van der Waals surface area contributed by atoms with Crippen molar-refractivity contribution in [2.45, 2.75) is 264 Å². The van der Waals surface area contributed by atoms with E-state index in [4.69, 9.17) is 14.2 Å². The quantitative estimate of drug-likeness (QED) is 0.0261. The van der Waals surface area contributed by atoms with Crippen molar-refractivity contribution in [3.63, 3.8) is 0 Å². The Morgan fingerprint density at radius 1 is 0.269 bits per heavy atom. The zero-order valence-corrected chi connectivity index (χ0v) is 50.1. The molecule has 0 aromatic carbocycles. The van der Waals surface area contributed by atoms with Gasteiger partial charge in [-0.05, 0) is 141 Å². The molecule has 0 aliphatic carbocycles. The lowest BCUT2D eigenvalue weighted by atomic mass is 10.1. The van der Waals surface area contributed by atoms with E-state index in [1.807, 2.05) is 0 Å². The highest BCUT2D eigenvalue weighted by Gasteiger charge is 2.19. The predicted molar refractivity (Wildman–Crippen MR) is 338 cm³/mol. The molecule has 78 heavy (non-hydrogen) atoms. The molecular weight excluding hydrogens is 961 g/mol. The fourth-order valence-electron chi connectivity index (χ4n) is 8.10. The van der Waals surface area contributed by atoms with Gasteiger partial charge in [0.25, 0.3) is 0 Å². The van der Waals surface area contributed by atoms with Crippen LogP contribution in [0.1, 0.15) is 258 Å². The summed E-state index contributed by atoms with van der Waals surface area (Å²) in [5, 5.41) is 0. The second-order valence-electron chi connectivity index (χ2n) is 20.2. The van der Waals surface area contributed by atoms with Crippen LogP contribution in [-0.4, -0.2) is 37.2 Å². The van der Waals surface area contributed by atoms with E-state index in [1.165, 1.54) is 38.5 Å². The molecule has 0 aliphatic rings. The third-order valence-corrected chi connectivity index (χ3v) is 12.7. The molecule has 0 N–H and O–H groups in total. The van der Waals surface area contributed by atoms with Crippen molar-refractivity contribution in [2.24, 2.45) is 0 Å². The molecule has 0 spiro atoms. The Balaban J connectivity index is 4.30. The molecule has 0 aromatic heterocycles. The van der Waals surface area contributed by atoms with Crippen molar-refractivity contribution in [1.82, 2.24) is 0 Å². The Hall–Kier alpha value is -4.97. The fraction of sp³-hybridized carbons (Fsp3) is 0.597. The summed E-state index contributed by atoms with van der Waals surface area (Å²) in [6.07, 6.45) is 94.0. The highest BCUT2D eigenvalue weighted by Crippen LogP contribution is 2.14. The minimum atomic E-state index is -0.802. The Morgan fingerprint density at radius 3 is 0.795 bits per heavy atom. The molecule has 0 heterocycles. The monoisotopic (exact) mass is 1070 g/mol. The van der Waals surface area contributed by atoms with Crippen LogP contribution < -0.4 is 0 Å². The van der Waals surface area contributed by atoms with Gasteiger partial charge in [-0.3, -0.25) is 14.4 Å². The Labute approximate surface area is 480 Å². The van der Waals surface area contributed by atoms with Crippen LogP contribution in [0.3, 0.4) is 0 Å². The number of allylic oxidation sites excluding steroid dienone is 26. The van der Waals surface area contributed by atoms with Gasteiger partial charge in [0, 0.05) is 19.3 Å². The standard InChI is InChI=1S/C72H114O6/c1-4-7-10-13-16-19-22-24-26-28-29-30-31-32-33-34-35-36-37-38-39-40-41-42-43-45-46-48-50-53-56-59-62-65-71(74)77-68-69(67-76-70(73)64-61-58-55-52-21-18-15-12-9-6-3)78-72(75)66-63-60-57-54-51-49-47-44-27-25-23-20-17-14-11-8-5-2/h7-8,10-12,15-17,19-20,24-27,29-30,32-33,35-36,38-39,41-42,45-46,69H,4-6,9,13-14,18,21-23,28,31,34,37,40,43-44,47-68H2,1-3H3/b10-7-,11-8-,15-12-,19-16-,20-17-,26-24-,27-25-,30-29-,33-32-,36-35-,39-38-,42-41-,46-45-. The maximum atomic E-state index is 12.9. The normalized spacial score (nSPS) is 13.2. The van der Waals surface area contributed by atoms with Crippen LogP contribution in [0.25, 0.3) is 0 Å². The Bertz CT molecular complexity index is 1760. The highest BCUT2D eigenvalue weighted by molar-refractivity contribution is 5.71. The SMILES string of the molecule is CC/C=C\C/C=C\C/C=C\C/C=C\C/C=C\C/C=C\C/C=C\C/C=C\C/C=C\CCCCCCCC(=O)OCC(COC(=O)CCCCCCC/C=C\CCC)OC(=O)CCCCCCCCC/C=C\C/C=C\C/C=C\CC. The second-order valence-corrected chi connectivity index (χ2v) is 20.2. The molecule has 1 unspecified atom stereocenters. The number of hydrogen-bond donors (Lipinski definition) is 0. The van der Waals surface area contributed by atoms with Gasteiger partial charge in [0.1, 0.15) is 13.2 Å². The first-order valence-corrected chi connectivity index (χ1v) is 31.5. The highest BCUT2D eigenvalue weighted by atomic mass is 16.6. The predicted octanol–water partition coefficient (Wildman–Crippen LogP) is 21.7. The van der Waals surface area contributed by atoms with E-state index in [0.29, 0.717) is 19.3 Å². The molecule has 0 radical (unpaired) electrons. The van der Waals surface area contributed by atoms with E-state index < -0.39 is 6.10 Å². The van der Waals surface area contributed by atoms with E-state index in [9.17, 15) is 14.4 Å². The van der Waals surface area contributed by atoms with Crippen molar-refractivity contribution in [1.29, 1.82) is 0 Å². The van der Waals surface area contributed by atoms with Crippen LogP contribution >= 0.6 is 0 Å². The number of rotatable bonds is 55. The summed E-state index contributed by atoms with van der Waals surface area (Å²) in [6.45, 7) is 6.31. The van der Waals surface area contributed by atoms with Gasteiger partial charge >= 0.3 is 17.9 Å². The number of hydrogen-bond acceptors (Lipinski definition) is 6. The fourth-order valence-corrected chi connectivity index (χ4v) is 8.10. The minimum Gasteiger partial charge on any atom is -0.462 e. The Kier molecular flexibility index (Phi) is 60.4. The molecule has 0 amide bonds. The van der Waals surface area contributed by atoms with Gasteiger partial charge in [0.15, 0.2) is 6.10 Å². The summed E-state index contributed by atoms with van der Waals surface area (Å²) in [5.41, 5.74) is 0.